The topological polar surface area (TPSA) is 116 Å². The molecule has 4 rings (SSSR count). The van der Waals surface area contributed by atoms with Gasteiger partial charge in [0, 0.05) is 11.3 Å². The van der Waals surface area contributed by atoms with E-state index >= 15 is 0 Å². The van der Waals surface area contributed by atoms with Gasteiger partial charge in [0.25, 0.3) is 5.91 Å². The lowest BCUT2D eigenvalue weighted by Gasteiger charge is -2.11. The van der Waals surface area contributed by atoms with Crippen molar-refractivity contribution in [2.24, 2.45) is 0 Å². The summed E-state index contributed by atoms with van der Waals surface area (Å²) in [6, 6.07) is 12.6. The maximum atomic E-state index is 12.7. The third-order valence-electron chi connectivity index (χ3n) is 4.04. The Hall–Kier alpha value is -3.95. The number of carbonyl (C=O) groups is 1. The Morgan fingerprint density at radius 3 is 2.67 bits per heavy atom. The van der Waals surface area contributed by atoms with Gasteiger partial charge >= 0.3 is 0 Å². The number of benzene rings is 2. The lowest BCUT2D eigenvalue weighted by molar-refractivity contribution is 0.102. The minimum absolute atomic E-state index is 0.242. The zero-order chi connectivity index (χ0) is 18.8. The molecule has 0 aliphatic rings. The molecule has 0 spiro atoms. The first-order valence-electron chi connectivity index (χ1n) is 8.12. The first-order valence-corrected chi connectivity index (χ1v) is 8.12. The van der Waals surface area contributed by atoms with Crippen molar-refractivity contribution in [1.82, 2.24) is 40.4 Å². The standard InChI is InChI=1S/C17H15N9O/c1-11-6-7-14(9-16(11)26-12(2)20-22-24-26)19-17(27)13-4-3-5-15(8-13)25-10-18-21-23-25/h3-10H,1-2H3,(H,19,27). The number of nitrogens with zero attached hydrogens (tertiary/aromatic N) is 8. The van der Waals surface area contributed by atoms with Crippen molar-refractivity contribution >= 4 is 11.6 Å². The van der Waals surface area contributed by atoms with Crippen LogP contribution in [-0.2, 0) is 0 Å². The van der Waals surface area contributed by atoms with Gasteiger partial charge in [0.15, 0.2) is 5.82 Å². The highest BCUT2D eigenvalue weighted by atomic mass is 16.1. The normalized spacial score (nSPS) is 10.7. The fourth-order valence-electron chi connectivity index (χ4n) is 2.64. The van der Waals surface area contributed by atoms with E-state index in [-0.39, 0.29) is 5.91 Å². The van der Waals surface area contributed by atoms with Crippen LogP contribution in [0.5, 0.6) is 0 Å². The van der Waals surface area contributed by atoms with E-state index in [9.17, 15) is 4.79 Å². The summed E-state index contributed by atoms with van der Waals surface area (Å²) in [4.78, 5) is 12.7. The molecule has 0 saturated heterocycles. The predicted molar refractivity (Wildman–Crippen MR) is 95.7 cm³/mol. The third-order valence-corrected chi connectivity index (χ3v) is 4.04. The van der Waals surface area contributed by atoms with Crippen LogP contribution in [0.25, 0.3) is 11.4 Å². The van der Waals surface area contributed by atoms with Gasteiger partial charge in [-0.25, -0.2) is 4.68 Å². The molecule has 0 unspecified atom stereocenters. The van der Waals surface area contributed by atoms with Crippen LogP contribution < -0.4 is 5.32 Å². The number of aromatic nitrogens is 8. The van der Waals surface area contributed by atoms with E-state index in [0.717, 1.165) is 11.3 Å². The van der Waals surface area contributed by atoms with Crippen LogP contribution in [0, 0.1) is 13.8 Å². The maximum Gasteiger partial charge on any atom is 0.255 e. The van der Waals surface area contributed by atoms with E-state index in [1.54, 1.807) is 22.9 Å². The Balaban J connectivity index is 1.61. The van der Waals surface area contributed by atoms with Crippen LogP contribution in [0.4, 0.5) is 5.69 Å². The van der Waals surface area contributed by atoms with E-state index in [2.05, 4.69) is 36.4 Å². The molecule has 2 aromatic carbocycles. The van der Waals surface area contributed by atoms with Crippen LogP contribution in [0.15, 0.2) is 48.8 Å². The van der Waals surface area contributed by atoms with Crippen molar-refractivity contribution in [3.05, 3.63) is 65.7 Å². The third kappa shape index (κ3) is 3.27. The number of nitrogens with one attached hydrogen (secondary N) is 1. The van der Waals surface area contributed by atoms with Crippen LogP contribution in [0.1, 0.15) is 21.7 Å². The van der Waals surface area contributed by atoms with Crippen molar-refractivity contribution < 1.29 is 4.79 Å². The van der Waals surface area contributed by atoms with Crippen molar-refractivity contribution in [1.29, 1.82) is 0 Å². The number of amides is 1. The summed E-state index contributed by atoms with van der Waals surface area (Å²) >= 11 is 0. The van der Waals surface area contributed by atoms with E-state index in [1.165, 1.54) is 11.0 Å². The Labute approximate surface area is 153 Å². The van der Waals surface area contributed by atoms with E-state index in [1.807, 2.05) is 38.1 Å². The van der Waals surface area contributed by atoms with Gasteiger partial charge in [0.1, 0.15) is 6.33 Å². The molecule has 0 atom stereocenters. The lowest BCUT2D eigenvalue weighted by Crippen LogP contribution is -2.13. The second-order valence-electron chi connectivity index (χ2n) is 5.90. The molecular weight excluding hydrogens is 346 g/mol. The first-order chi connectivity index (χ1) is 13.1. The van der Waals surface area contributed by atoms with Crippen molar-refractivity contribution in [3.8, 4) is 11.4 Å². The summed E-state index contributed by atoms with van der Waals surface area (Å²) in [5.74, 6) is 0.420. The molecular formula is C17H15N9O. The number of carbonyl (C=O) groups excluding carboxylic acids is 1. The van der Waals surface area contributed by atoms with Gasteiger partial charge in [-0.05, 0) is 70.6 Å². The number of hydrogen-bond acceptors (Lipinski definition) is 7. The highest BCUT2D eigenvalue weighted by molar-refractivity contribution is 6.04. The average Bonchev–Trinajstić information content (AvgIpc) is 3.35. The molecule has 10 nitrogen and oxygen atoms in total. The summed E-state index contributed by atoms with van der Waals surface area (Å²) in [5, 5.41) is 25.5. The minimum Gasteiger partial charge on any atom is -0.322 e. The minimum atomic E-state index is -0.242. The van der Waals surface area contributed by atoms with Gasteiger partial charge in [-0.15, -0.1) is 10.2 Å². The second kappa shape index (κ2) is 6.75. The van der Waals surface area contributed by atoms with E-state index in [0.29, 0.717) is 22.8 Å². The Bertz CT molecular complexity index is 1100. The fraction of sp³-hybridized carbons (Fsp3) is 0.118. The molecule has 0 fully saturated rings. The zero-order valence-corrected chi connectivity index (χ0v) is 14.6. The molecule has 134 valence electrons. The maximum absolute atomic E-state index is 12.7. The molecule has 0 aliphatic carbocycles. The number of tetrazole rings is 2. The number of aryl methyl sites for hydroxylation is 2. The average molecular weight is 361 g/mol. The Morgan fingerprint density at radius 1 is 1.04 bits per heavy atom. The van der Waals surface area contributed by atoms with Crippen LogP contribution in [-0.4, -0.2) is 46.3 Å². The van der Waals surface area contributed by atoms with Crippen molar-refractivity contribution in [2.75, 3.05) is 5.32 Å². The number of rotatable bonds is 4. The van der Waals surface area contributed by atoms with Crippen LogP contribution in [0.3, 0.4) is 0 Å². The smallest absolute Gasteiger partial charge is 0.255 e. The molecule has 0 saturated carbocycles. The van der Waals surface area contributed by atoms with Gasteiger partial charge in [-0.1, -0.05) is 12.1 Å². The molecule has 0 aliphatic heterocycles. The van der Waals surface area contributed by atoms with Crippen molar-refractivity contribution in [3.63, 3.8) is 0 Å². The Morgan fingerprint density at radius 2 is 1.93 bits per heavy atom. The van der Waals surface area contributed by atoms with Gasteiger partial charge in [0.05, 0.1) is 11.4 Å². The second-order valence-corrected chi connectivity index (χ2v) is 5.90. The monoisotopic (exact) mass is 361 g/mol. The summed E-state index contributed by atoms with van der Waals surface area (Å²) in [6.07, 6.45) is 1.47. The molecule has 10 heteroatoms. The molecule has 2 aromatic heterocycles. The predicted octanol–water partition coefficient (Wildman–Crippen LogP) is 1.51. The molecule has 1 amide bonds. The number of anilines is 1. The molecule has 0 bridgehead atoms. The van der Waals surface area contributed by atoms with Gasteiger partial charge in [0.2, 0.25) is 0 Å². The van der Waals surface area contributed by atoms with Crippen molar-refractivity contribution in [2.45, 2.75) is 13.8 Å². The van der Waals surface area contributed by atoms with E-state index < -0.39 is 0 Å². The van der Waals surface area contributed by atoms with Gasteiger partial charge < -0.3 is 5.32 Å². The molecule has 1 N–H and O–H groups in total. The highest BCUT2D eigenvalue weighted by Gasteiger charge is 2.11. The fourth-order valence-corrected chi connectivity index (χ4v) is 2.64. The van der Waals surface area contributed by atoms with Crippen LogP contribution >= 0.6 is 0 Å². The summed E-state index contributed by atoms with van der Waals surface area (Å²) in [7, 11) is 0. The van der Waals surface area contributed by atoms with E-state index in [4.69, 9.17) is 0 Å². The SMILES string of the molecule is Cc1ccc(NC(=O)c2cccc(-n3cnnn3)c2)cc1-n1nnnc1C. The van der Waals surface area contributed by atoms with Gasteiger partial charge in [-0.2, -0.15) is 4.68 Å². The largest absolute Gasteiger partial charge is 0.322 e. The summed E-state index contributed by atoms with van der Waals surface area (Å²) in [5.41, 5.74) is 3.62. The lowest BCUT2D eigenvalue weighted by atomic mass is 10.1. The number of hydrogen-bond donors (Lipinski definition) is 1. The highest BCUT2D eigenvalue weighted by Crippen LogP contribution is 2.20. The van der Waals surface area contributed by atoms with Crippen LogP contribution in [0.2, 0.25) is 0 Å². The van der Waals surface area contributed by atoms with Gasteiger partial charge in [-0.3, -0.25) is 4.79 Å². The Kier molecular flexibility index (Phi) is 4.13. The first kappa shape index (κ1) is 16.5. The summed E-state index contributed by atoms with van der Waals surface area (Å²) < 4.78 is 3.12. The molecule has 2 heterocycles. The molecule has 27 heavy (non-hydrogen) atoms. The quantitative estimate of drug-likeness (QED) is 0.585. The molecule has 4 aromatic rings. The summed E-state index contributed by atoms with van der Waals surface area (Å²) in [6.45, 7) is 3.77. The molecule has 0 radical (unpaired) electrons. The zero-order valence-electron chi connectivity index (χ0n) is 14.6.